The van der Waals surface area contributed by atoms with Crippen molar-refractivity contribution < 1.29 is 24.2 Å². The van der Waals surface area contributed by atoms with E-state index in [0.29, 0.717) is 13.0 Å². The number of aliphatic carboxylic acids is 1. The number of halogens is 1. The lowest BCUT2D eigenvalue weighted by molar-refractivity contribution is -0.142. The summed E-state index contributed by atoms with van der Waals surface area (Å²) in [5.41, 5.74) is -0.0145. The average molecular weight is 267 g/mol. The van der Waals surface area contributed by atoms with E-state index in [4.69, 9.17) is 5.11 Å². The summed E-state index contributed by atoms with van der Waals surface area (Å²) >= 11 is 0. The number of carbonyl (C=O) groups excluding carboxylic acids is 1. The Morgan fingerprint density at radius 1 is 1.42 bits per heavy atom. The number of benzene rings is 1. The van der Waals surface area contributed by atoms with Crippen LogP contribution < -0.4 is 0 Å². The van der Waals surface area contributed by atoms with E-state index in [-0.39, 0.29) is 5.56 Å². The second kappa shape index (κ2) is 4.87. The highest BCUT2D eigenvalue weighted by atomic mass is 19.1. The first-order chi connectivity index (χ1) is 8.91. The number of rotatable bonds is 2. The molecule has 2 unspecified atom stereocenters. The van der Waals surface area contributed by atoms with Gasteiger partial charge in [0.25, 0.3) is 5.91 Å². The van der Waals surface area contributed by atoms with E-state index in [1.165, 1.54) is 11.0 Å². The van der Waals surface area contributed by atoms with Crippen LogP contribution in [0.2, 0.25) is 0 Å². The summed E-state index contributed by atoms with van der Waals surface area (Å²) in [7, 11) is 0. The number of likely N-dealkylation sites (tertiary alicyclic amines) is 1. The van der Waals surface area contributed by atoms with Crippen molar-refractivity contribution in [2.75, 3.05) is 6.54 Å². The molecule has 6 heteroatoms. The molecule has 0 aromatic heterocycles. The van der Waals surface area contributed by atoms with Gasteiger partial charge in [0, 0.05) is 18.7 Å². The van der Waals surface area contributed by atoms with Crippen molar-refractivity contribution in [1.82, 2.24) is 4.90 Å². The molecule has 1 aromatic rings. The maximum absolute atomic E-state index is 12.9. The quantitative estimate of drug-likeness (QED) is 0.850. The lowest BCUT2D eigenvalue weighted by Crippen LogP contribution is -2.37. The van der Waals surface area contributed by atoms with Gasteiger partial charge >= 0.3 is 5.97 Å². The minimum absolute atomic E-state index is 0.0145. The predicted octanol–water partition coefficient (Wildman–Crippen LogP) is 1.47. The summed E-state index contributed by atoms with van der Waals surface area (Å²) in [6, 6.07) is 2.70. The van der Waals surface area contributed by atoms with Gasteiger partial charge in [-0.3, -0.25) is 9.59 Å². The summed E-state index contributed by atoms with van der Waals surface area (Å²) in [6.07, 6.45) is 0.379. The van der Waals surface area contributed by atoms with Gasteiger partial charge in [0.2, 0.25) is 0 Å². The van der Waals surface area contributed by atoms with E-state index in [1.54, 1.807) is 6.92 Å². The largest absolute Gasteiger partial charge is 0.507 e. The molecule has 1 heterocycles. The molecule has 1 aromatic carbocycles. The molecule has 0 bridgehead atoms. The number of carbonyl (C=O) groups is 2. The molecule has 2 atom stereocenters. The number of phenols is 1. The molecule has 1 saturated heterocycles. The van der Waals surface area contributed by atoms with Gasteiger partial charge in [-0.15, -0.1) is 0 Å². The Hall–Kier alpha value is -2.11. The van der Waals surface area contributed by atoms with Gasteiger partial charge in [-0.2, -0.15) is 0 Å². The standard InChI is InChI=1S/C13H14FNO4/c1-7-9(13(18)19)4-5-15(7)12(17)10-3-2-8(14)6-11(10)16/h2-3,6-7,9,16H,4-5H2,1H3,(H,18,19). The smallest absolute Gasteiger partial charge is 0.308 e. The molecule has 0 aliphatic carbocycles. The molecule has 2 rings (SSSR count). The van der Waals surface area contributed by atoms with E-state index in [2.05, 4.69) is 0 Å². The lowest BCUT2D eigenvalue weighted by atomic mass is 10.0. The van der Waals surface area contributed by atoms with Crippen molar-refractivity contribution in [1.29, 1.82) is 0 Å². The fourth-order valence-corrected chi connectivity index (χ4v) is 2.40. The van der Waals surface area contributed by atoms with Crippen molar-refractivity contribution in [2.24, 2.45) is 5.92 Å². The molecular weight excluding hydrogens is 253 g/mol. The minimum Gasteiger partial charge on any atom is -0.507 e. The molecule has 19 heavy (non-hydrogen) atoms. The monoisotopic (exact) mass is 267 g/mol. The van der Waals surface area contributed by atoms with Gasteiger partial charge < -0.3 is 15.1 Å². The van der Waals surface area contributed by atoms with Crippen LogP contribution in [-0.4, -0.2) is 39.6 Å². The Morgan fingerprint density at radius 3 is 2.63 bits per heavy atom. The molecule has 102 valence electrons. The summed E-state index contributed by atoms with van der Waals surface area (Å²) in [6.45, 7) is 1.97. The Morgan fingerprint density at radius 2 is 2.11 bits per heavy atom. The van der Waals surface area contributed by atoms with Gasteiger partial charge in [-0.25, -0.2) is 4.39 Å². The SMILES string of the molecule is CC1C(C(=O)O)CCN1C(=O)c1ccc(F)cc1O. The van der Waals surface area contributed by atoms with Crippen LogP contribution in [0.1, 0.15) is 23.7 Å². The number of carboxylic acid groups (broad SMARTS) is 1. The number of hydrogen-bond donors (Lipinski definition) is 2. The topological polar surface area (TPSA) is 77.8 Å². The Bertz CT molecular complexity index is 531. The van der Waals surface area contributed by atoms with Crippen LogP contribution in [-0.2, 0) is 4.79 Å². The lowest BCUT2D eigenvalue weighted by Gasteiger charge is -2.23. The summed E-state index contributed by atoms with van der Waals surface area (Å²) in [5.74, 6) is -3.09. The number of amides is 1. The summed E-state index contributed by atoms with van der Waals surface area (Å²) in [5, 5.41) is 18.6. The Balaban J connectivity index is 2.23. The van der Waals surface area contributed by atoms with Gasteiger partial charge in [-0.1, -0.05) is 0 Å². The number of aromatic hydroxyl groups is 1. The second-order valence-corrected chi connectivity index (χ2v) is 4.63. The zero-order valence-corrected chi connectivity index (χ0v) is 10.3. The maximum Gasteiger partial charge on any atom is 0.308 e. The molecule has 0 saturated carbocycles. The zero-order valence-electron chi connectivity index (χ0n) is 10.3. The van der Waals surface area contributed by atoms with E-state index < -0.39 is 35.4 Å². The molecule has 0 radical (unpaired) electrons. The third kappa shape index (κ3) is 2.38. The summed E-state index contributed by atoms with van der Waals surface area (Å²) in [4.78, 5) is 24.6. The highest BCUT2D eigenvalue weighted by Gasteiger charge is 2.38. The molecule has 1 aliphatic heterocycles. The van der Waals surface area contributed by atoms with Gasteiger partial charge in [0.05, 0.1) is 11.5 Å². The number of hydrogen-bond acceptors (Lipinski definition) is 3. The van der Waals surface area contributed by atoms with Crippen molar-refractivity contribution in [3.05, 3.63) is 29.6 Å². The highest BCUT2D eigenvalue weighted by Crippen LogP contribution is 2.28. The van der Waals surface area contributed by atoms with Crippen LogP contribution in [0.3, 0.4) is 0 Å². The summed E-state index contributed by atoms with van der Waals surface area (Å²) < 4.78 is 12.9. The van der Waals surface area contributed by atoms with Gasteiger partial charge in [0.15, 0.2) is 0 Å². The van der Waals surface area contributed by atoms with Crippen LogP contribution in [0.15, 0.2) is 18.2 Å². The van der Waals surface area contributed by atoms with Crippen molar-refractivity contribution in [2.45, 2.75) is 19.4 Å². The van der Waals surface area contributed by atoms with E-state index >= 15 is 0 Å². The van der Waals surface area contributed by atoms with Gasteiger partial charge in [-0.05, 0) is 25.5 Å². The number of carboxylic acids is 1. The Labute approximate surface area is 109 Å². The van der Waals surface area contributed by atoms with Crippen LogP contribution in [0.4, 0.5) is 4.39 Å². The first kappa shape index (κ1) is 13.3. The minimum atomic E-state index is -0.939. The number of phenolic OH excluding ortho intramolecular Hbond substituents is 1. The normalized spacial score (nSPS) is 22.5. The molecule has 1 aliphatic rings. The molecule has 2 N–H and O–H groups in total. The molecule has 5 nitrogen and oxygen atoms in total. The second-order valence-electron chi connectivity index (χ2n) is 4.63. The van der Waals surface area contributed by atoms with E-state index in [0.717, 1.165) is 12.1 Å². The van der Waals surface area contributed by atoms with Crippen LogP contribution >= 0.6 is 0 Å². The van der Waals surface area contributed by atoms with Crippen LogP contribution in [0.25, 0.3) is 0 Å². The van der Waals surface area contributed by atoms with Crippen molar-refractivity contribution in [3.8, 4) is 5.75 Å². The highest BCUT2D eigenvalue weighted by molar-refractivity contribution is 5.97. The van der Waals surface area contributed by atoms with Crippen molar-refractivity contribution >= 4 is 11.9 Å². The predicted molar refractivity (Wildman–Crippen MR) is 64.3 cm³/mol. The average Bonchev–Trinajstić information content (AvgIpc) is 2.70. The molecular formula is C13H14FNO4. The third-order valence-electron chi connectivity index (χ3n) is 3.52. The maximum atomic E-state index is 12.9. The van der Waals surface area contributed by atoms with E-state index in [1.807, 2.05) is 0 Å². The zero-order chi connectivity index (χ0) is 14.2. The Kier molecular flexibility index (Phi) is 3.42. The fourth-order valence-electron chi connectivity index (χ4n) is 2.40. The van der Waals surface area contributed by atoms with E-state index in [9.17, 15) is 19.1 Å². The van der Waals surface area contributed by atoms with Crippen LogP contribution in [0.5, 0.6) is 5.75 Å². The van der Waals surface area contributed by atoms with Crippen LogP contribution in [0, 0.1) is 11.7 Å². The van der Waals surface area contributed by atoms with Crippen molar-refractivity contribution in [3.63, 3.8) is 0 Å². The molecule has 0 spiro atoms. The third-order valence-corrected chi connectivity index (χ3v) is 3.52. The fraction of sp³-hybridized carbons (Fsp3) is 0.385. The van der Waals surface area contributed by atoms with Gasteiger partial charge in [0.1, 0.15) is 11.6 Å². The number of nitrogens with zero attached hydrogens (tertiary/aromatic N) is 1. The molecule has 1 fully saturated rings. The molecule has 1 amide bonds. The first-order valence-electron chi connectivity index (χ1n) is 5.94. The first-order valence-corrected chi connectivity index (χ1v) is 5.94.